The van der Waals surface area contributed by atoms with Gasteiger partial charge in [0, 0.05) is 6.04 Å². The van der Waals surface area contributed by atoms with Crippen LogP contribution in [0.25, 0.3) is 0 Å². The average Bonchev–Trinajstić information content (AvgIpc) is 2.30. The highest BCUT2D eigenvalue weighted by atomic mass is 16.6. The first-order valence-electron chi connectivity index (χ1n) is 6.83. The van der Waals surface area contributed by atoms with E-state index < -0.39 is 5.60 Å². The third kappa shape index (κ3) is 5.43. The molecular formula is C16H25NO2. The Kier molecular flexibility index (Phi) is 5.55. The lowest BCUT2D eigenvalue weighted by atomic mass is 10.0. The summed E-state index contributed by atoms with van der Waals surface area (Å²) in [6, 6.07) is 8.52. The van der Waals surface area contributed by atoms with Gasteiger partial charge in [-0.05, 0) is 45.4 Å². The van der Waals surface area contributed by atoms with Crippen molar-refractivity contribution in [3.05, 3.63) is 35.4 Å². The smallest absolute Gasteiger partial charge is 0.310 e. The molecule has 0 bridgehead atoms. The van der Waals surface area contributed by atoms with E-state index in [1.807, 2.05) is 40.0 Å². The van der Waals surface area contributed by atoms with Crippen LogP contribution in [0.4, 0.5) is 0 Å². The second kappa shape index (κ2) is 6.71. The predicted octanol–water partition coefficient (Wildman–Crippen LogP) is 3.24. The number of hydrogen-bond acceptors (Lipinski definition) is 3. The molecule has 0 aliphatic heterocycles. The molecule has 0 aliphatic carbocycles. The molecule has 1 atom stereocenters. The molecule has 1 unspecified atom stereocenters. The minimum Gasteiger partial charge on any atom is -0.460 e. The average molecular weight is 263 g/mol. The van der Waals surface area contributed by atoms with Crippen LogP contribution in [0.1, 0.15) is 51.3 Å². The second-order valence-corrected chi connectivity index (χ2v) is 5.75. The molecule has 0 spiro atoms. The number of rotatable bonds is 5. The molecule has 0 radical (unpaired) electrons. The number of hydrogen-bond donors (Lipinski definition) is 1. The Morgan fingerprint density at radius 1 is 1.26 bits per heavy atom. The summed E-state index contributed by atoms with van der Waals surface area (Å²) < 4.78 is 5.31. The molecule has 0 amide bonds. The molecule has 106 valence electrons. The van der Waals surface area contributed by atoms with Crippen molar-refractivity contribution in [1.29, 1.82) is 0 Å². The molecule has 19 heavy (non-hydrogen) atoms. The van der Waals surface area contributed by atoms with Gasteiger partial charge in [0.15, 0.2) is 0 Å². The van der Waals surface area contributed by atoms with Crippen LogP contribution >= 0.6 is 0 Å². The third-order valence-electron chi connectivity index (χ3n) is 2.91. The van der Waals surface area contributed by atoms with E-state index in [0.717, 1.165) is 12.0 Å². The van der Waals surface area contributed by atoms with Gasteiger partial charge in [0.05, 0.1) is 6.42 Å². The minimum absolute atomic E-state index is 0.180. The highest BCUT2D eigenvalue weighted by molar-refractivity contribution is 5.73. The van der Waals surface area contributed by atoms with Gasteiger partial charge in [0.1, 0.15) is 5.60 Å². The lowest BCUT2D eigenvalue weighted by Crippen LogP contribution is -2.24. The highest BCUT2D eigenvalue weighted by Gasteiger charge is 2.16. The van der Waals surface area contributed by atoms with Gasteiger partial charge in [0.2, 0.25) is 0 Å². The summed E-state index contributed by atoms with van der Waals surface area (Å²) in [5.74, 6) is -0.180. The fraction of sp³-hybridized carbons (Fsp3) is 0.562. The highest BCUT2D eigenvalue weighted by Crippen LogP contribution is 2.17. The Labute approximate surface area is 116 Å². The van der Waals surface area contributed by atoms with Crippen LogP contribution in [-0.2, 0) is 16.0 Å². The Morgan fingerprint density at radius 3 is 2.26 bits per heavy atom. The molecule has 0 aliphatic rings. The van der Waals surface area contributed by atoms with Crippen molar-refractivity contribution in [1.82, 2.24) is 5.32 Å². The van der Waals surface area contributed by atoms with E-state index in [1.54, 1.807) is 0 Å². The lowest BCUT2D eigenvalue weighted by Gasteiger charge is -2.19. The van der Waals surface area contributed by atoms with Crippen LogP contribution in [-0.4, -0.2) is 18.6 Å². The quantitative estimate of drug-likeness (QED) is 0.829. The first kappa shape index (κ1) is 15.7. The maximum absolute atomic E-state index is 11.7. The van der Waals surface area contributed by atoms with Crippen molar-refractivity contribution in [2.45, 2.75) is 52.2 Å². The monoisotopic (exact) mass is 263 g/mol. The molecule has 0 saturated carbocycles. The number of benzene rings is 1. The largest absolute Gasteiger partial charge is 0.460 e. The molecule has 1 aromatic carbocycles. The van der Waals surface area contributed by atoms with E-state index in [9.17, 15) is 4.79 Å². The third-order valence-corrected chi connectivity index (χ3v) is 2.91. The molecule has 0 fully saturated rings. The summed E-state index contributed by atoms with van der Waals surface area (Å²) in [6.45, 7) is 7.79. The molecule has 0 saturated heterocycles. The van der Waals surface area contributed by atoms with Crippen molar-refractivity contribution in [3.8, 4) is 0 Å². The van der Waals surface area contributed by atoms with Crippen LogP contribution in [0.15, 0.2) is 24.3 Å². The van der Waals surface area contributed by atoms with E-state index in [1.165, 1.54) is 5.56 Å². The molecule has 0 aromatic heterocycles. The molecule has 1 aromatic rings. The van der Waals surface area contributed by atoms with Crippen molar-refractivity contribution in [2.24, 2.45) is 0 Å². The van der Waals surface area contributed by atoms with E-state index in [2.05, 4.69) is 24.4 Å². The number of nitrogens with one attached hydrogen (secondary N) is 1. The Morgan fingerprint density at radius 2 is 1.84 bits per heavy atom. The van der Waals surface area contributed by atoms with E-state index >= 15 is 0 Å². The Balaban J connectivity index is 2.64. The van der Waals surface area contributed by atoms with Gasteiger partial charge in [-0.15, -0.1) is 0 Å². The standard InChI is InChI=1S/C16H25NO2/c1-6-14(17-5)13-9-7-12(8-10-13)11-15(18)19-16(2,3)4/h7-10,14,17H,6,11H2,1-5H3. The number of carbonyl (C=O) groups is 1. The van der Waals surface area contributed by atoms with Gasteiger partial charge in [-0.2, -0.15) is 0 Å². The minimum atomic E-state index is -0.420. The van der Waals surface area contributed by atoms with Gasteiger partial charge in [-0.25, -0.2) is 0 Å². The Hall–Kier alpha value is -1.35. The van der Waals surface area contributed by atoms with Gasteiger partial charge < -0.3 is 10.1 Å². The summed E-state index contributed by atoms with van der Waals surface area (Å²) in [4.78, 5) is 11.7. The zero-order valence-corrected chi connectivity index (χ0v) is 12.6. The number of ether oxygens (including phenoxy) is 1. The fourth-order valence-corrected chi connectivity index (χ4v) is 2.02. The fourth-order valence-electron chi connectivity index (χ4n) is 2.02. The lowest BCUT2D eigenvalue weighted by molar-refractivity contribution is -0.153. The molecule has 3 nitrogen and oxygen atoms in total. The first-order valence-corrected chi connectivity index (χ1v) is 6.83. The molecule has 0 heterocycles. The van der Waals surface area contributed by atoms with Crippen molar-refractivity contribution in [3.63, 3.8) is 0 Å². The first-order chi connectivity index (χ1) is 8.85. The van der Waals surface area contributed by atoms with Crippen LogP contribution in [0.3, 0.4) is 0 Å². The number of carbonyl (C=O) groups excluding carboxylic acids is 1. The van der Waals surface area contributed by atoms with E-state index in [-0.39, 0.29) is 5.97 Å². The van der Waals surface area contributed by atoms with Crippen LogP contribution < -0.4 is 5.32 Å². The summed E-state index contributed by atoms with van der Waals surface area (Å²) in [6.07, 6.45) is 1.37. The van der Waals surface area contributed by atoms with Crippen LogP contribution in [0.5, 0.6) is 0 Å². The van der Waals surface area contributed by atoms with Gasteiger partial charge >= 0.3 is 5.97 Å². The SMILES string of the molecule is CCC(NC)c1ccc(CC(=O)OC(C)(C)C)cc1. The molecule has 1 rings (SSSR count). The summed E-state index contributed by atoms with van der Waals surface area (Å²) in [7, 11) is 1.96. The van der Waals surface area contributed by atoms with Gasteiger partial charge in [0.25, 0.3) is 0 Å². The van der Waals surface area contributed by atoms with Gasteiger partial charge in [-0.3, -0.25) is 4.79 Å². The van der Waals surface area contributed by atoms with Crippen LogP contribution in [0, 0.1) is 0 Å². The Bertz CT molecular complexity index is 400. The number of esters is 1. The molecule has 1 N–H and O–H groups in total. The second-order valence-electron chi connectivity index (χ2n) is 5.75. The van der Waals surface area contributed by atoms with E-state index in [0.29, 0.717) is 12.5 Å². The zero-order chi connectivity index (χ0) is 14.5. The summed E-state index contributed by atoms with van der Waals surface area (Å²) in [5.41, 5.74) is 1.82. The van der Waals surface area contributed by atoms with Crippen molar-refractivity contribution in [2.75, 3.05) is 7.05 Å². The van der Waals surface area contributed by atoms with E-state index in [4.69, 9.17) is 4.74 Å². The maximum Gasteiger partial charge on any atom is 0.310 e. The van der Waals surface area contributed by atoms with Crippen molar-refractivity contribution < 1.29 is 9.53 Å². The maximum atomic E-state index is 11.7. The normalized spacial score (nSPS) is 13.1. The molecule has 3 heteroatoms. The summed E-state index contributed by atoms with van der Waals surface area (Å²) >= 11 is 0. The molecular weight excluding hydrogens is 238 g/mol. The summed E-state index contributed by atoms with van der Waals surface area (Å²) in [5, 5.41) is 3.27. The van der Waals surface area contributed by atoms with Crippen LogP contribution in [0.2, 0.25) is 0 Å². The zero-order valence-electron chi connectivity index (χ0n) is 12.6. The van der Waals surface area contributed by atoms with Crippen molar-refractivity contribution >= 4 is 5.97 Å². The van der Waals surface area contributed by atoms with Gasteiger partial charge in [-0.1, -0.05) is 31.2 Å². The topological polar surface area (TPSA) is 38.3 Å². The predicted molar refractivity (Wildman–Crippen MR) is 78.1 cm³/mol.